The van der Waals surface area contributed by atoms with E-state index in [1.807, 2.05) is 0 Å². The first-order valence-electron chi connectivity index (χ1n) is 5.33. The first-order chi connectivity index (χ1) is 8.08. The molecule has 0 radical (unpaired) electrons. The van der Waals surface area contributed by atoms with Gasteiger partial charge in [-0.2, -0.15) is 0 Å². The summed E-state index contributed by atoms with van der Waals surface area (Å²) in [5.41, 5.74) is 5.74. The highest BCUT2D eigenvalue weighted by Crippen LogP contribution is 2.11. The van der Waals surface area contributed by atoms with Crippen LogP contribution >= 0.6 is 0 Å². The van der Waals surface area contributed by atoms with Crippen LogP contribution in [-0.4, -0.2) is 46.0 Å². The number of carboxylic acids is 1. The highest BCUT2D eigenvalue weighted by atomic mass is 16.4. The van der Waals surface area contributed by atoms with E-state index >= 15 is 0 Å². The van der Waals surface area contributed by atoms with Gasteiger partial charge >= 0.3 is 5.97 Å². The third kappa shape index (κ3) is 2.42. The summed E-state index contributed by atoms with van der Waals surface area (Å²) in [4.78, 5) is 28.1. The number of nitrogens with two attached hydrogens (primary N) is 1. The number of likely N-dealkylation sites (tertiary alicyclic amines) is 1. The maximum absolute atomic E-state index is 12.0. The minimum atomic E-state index is -1.14. The quantitative estimate of drug-likeness (QED) is 0.749. The number of aromatic nitrogens is 1. The lowest BCUT2D eigenvalue weighted by Crippen LogP contribution is -2.32. The minimum Gasteiger partial charge on any atom is -0.477 e. The molecule has 0 aromatic carbocycles. The number of rotatable bonds is 2. The van der Waals surface area contributed by atoms with Crippen LogP contribution in [0.3, 0.4) is 0 Å². The first-order valence-corrected chi connectivity index (χ1v) is 5.33. The summed E-state index contributed by atoms with van der Waals surface area (Å²) in [7, 11) is 0. The average Bonchev–Trinajstić information content (AvgIpc) is 2.75. The predicted octanol–water partition coefficient (Wildman–Crippen LogP) is -0.0470. The first kappa shape index (κ1) is 11.5. The molecule has 0 bridgehead atoms. The van der Waals surface area contributed by atoms with E-state index in [4.69, 9.17) is 10.8 Å². The number of hydrogen-bond donors (Lipinski definition) is 2. The van der Waals surface area contributed by atoms with Crippen molar-refractivity contribution in [3.8, 4) is 0 Å². The molecule has 90 valence electrons. The fourth-order valence-electron chi connectivity index (χ4n) is 1.81. The van der Waals surface area contributed by atoms with Crippen molar-refractivity contribution < 1.29 is 14.7 Å². The molecule has 6 heteroatoms. The summed E-state index contributed by atoms with van der Waals surface area (Å²) in [5, 5.41) is 8.79. The Kier molecular flexibility index (Phi) is 3.06. The van der Waals surface area contributed by atoms with E-state index in [-0.39, 0.29) is 23.3 Å². The second-order valence-electron chi connectivity index (χ2n) is 4.01. The molecule has 17 heavy (non-hydrogen) atoms. The Morgan fingerprint density at radius 1 is 1.41 bits per heavy atom. The van der Waals surface area contributed by atoms with Crippen molar-refractivity contribution in [1.29, 1.82) is 0 Å². The Labute approximate surface area is 98.1 Å². The van der Waals surface area contributed by atoms with Crippen molar-refractivity contribution in [2.75, 3.05) is 13.1 Å². The number of nitrogens with zero attached hydrogens (tertiary/aromatic N) is 2. The Balaban J connectivity index is 2.19. The van der Waals surface area contributed by atoms with Crippen LogP contribution in [0, 0.1) is 0 Å². The lowest BCUT2D eigenvalue weighted by molar-refractivity contribution is 0.0690. The monoisotopic (exact) mass is 235 g/mol. The van der Waals surface area contributed by atoms with E-state index in [1.54, 1.807) is 4.90 Å². The molecule has 0 aliphatic carbocycles. The molecule has 1 atom stereocenters. The SMILES string of the molecule is NC1CCN(C(=O)c2cccc(C(=O)O)n2)C1. The Hall–Kier alpha value is -1.95. The van der Waals surface area contributed by atoms with Crippen molar-refractivity contribution in [2.45, 2.75) is 12.5 Å². The molecule has 1 fully saturated rings. The maximum Gasteiger partial charge on any atom is 0.354 e. The van der Waals surface area contributed by atoms with E-state index in [0.717, 1.165) is 6.42 Å². The van der Waals surface area contributed by atoms with Crippen LogP contribution in [0.5, 0.6) is 0 Å². The number of hydrogen-bond acceptors (Lipinski definition) is 4. The molecule has 1 amide bonds. The molecule has 1 saturated heterocycles. The molecule has 0 spiro atoms. The fraction of sp³-hybridized carbons (Fsp3) is 0.364. The number of amides is 1. The summed E-state index contributed by atoms with van der Waals surface area (Å²) in [6.45, 7) is 1.09. The van der Waals surface area contributed by atoms with E-state index in [2.05, 4.69) is 4.98 Å². The molecule has 0 saturated carbocycles. The smallest absolute Gasteiger partial charge is 0.354 e. The number of aromatic carboxylic acids is 1. The van der Waals surface area contributed by atoms with Gasteiger partial charge in [0.15, 0.2) is 0 Å². The number of carbonyl (C=O) groups is 2. The molecular weight excluding hydrogens is 222 g/mol. The average molecular weight is 235 g/mol. The van der Waals surface area contributed by atoms with Gasteiger partial charge in [-0.1, -0.05) is 6.07 Å². The largest absolute Gasteiger partial charge is 0.477 e. The Morgan fingerprint density at radius 2 is 2.12 bits per heavy atom. The molecular formula is C11H13N3O3. The van der Waals surface area contributed by atoms with Gasteiger partial charge in [0.1, 0.15) is 11.4 Å². The second-order valence-corrected chi connectivity index (χ2v) is 4.01. The maximum atomic E-state index is 12.0. The zero-order valence-corrected chi connectivity index (χ0v) is 9.17. The number of pyridine rings is 1. The Bertz CT molecular complexity index is 461. The Morgan fingerprint density at radius 3 is 2.71 bits per heavy atom. The van der Waals surface area contributed by atoms with Gasteiger partial charge in [-0.3, -0.25) is 4.79 Å². The van der Waals surface area contributed by atoms with Crippen molar-refractivity contribution in [3.05, 3.63) is 29.6 Å². The van der Waals surface area contributed by atoms with Crippen molar-refractivity contribution in [2.24, 2.45) is 5.73 Å². The number of carboxylic acid groups (broad SMARTS) is 1. The summed E-state index contributed by atoms with van der Waals surface area (Å²) in [6, 6.07) is 4.38. The van der Waals surface area contributed by atoms with Crippen LogP contribution in [-0.2, 0) is 0 Å². The highest BCUT2D eigenvalue weighted by Gasteiger charge is 2.25. The van der Waals surface area contributed by atoms with Crippen molar-refractivity contribution in [3.63, 3.8) is 0 Å². The van der Waals surface area contributed by atoms with E-state index in [0.29, 0.717) is 13.1 Å². The van der Waals surface area contributed by atoms with E-state index in [1.165, 1.54) is 18.2 Å². The second kappa shape index (κ2) is 4.50. The summed E-state index contributed by atoms with van der Waals surface area (Å²) >= 11 is 0. The van der Waals surface area contributed by atoms with Crippen molar-refractivity contribution >= 4 is 11.9 Å². The highest BCUT2D eigenvalue weighted by molar-refractivity contribution is 5.94. The van der Waals surface area contributed by atoms with Gasteiger partial charge < -0.3 is 15.7 Å². The predicted molar refractivity (Wildman–Crippen MR) is 59.7 cm³/mol. The van der Waals surface area contributed by atoms with Crippen LogP contribution in [0.2, 0.25) is 0 Å². The molecule has 2 rings (SSSR count). The van der Waals surface area contributed by atoms with Gasteiger partial charge in [-0.05, 0) is 18.6 Å². The molecule has 1 aromatic heterocycles. The normalized spacial score (nSPS) is 19.4. The topological polar surface area (TPSA) is 96.5 Å². The van der Waals surface area contributed by atoms with Crippen LogP contribution in [0.25, 0.3) is 0 Å². The van der Waals surface area contributed by atoms with Gasteiger partial charge in [0.2, 0.25) is 0 Å². The van der Waals surface area contributed by atoms with Crippen LogP contribution in [0.15, 0.2) is 18.2 Å². The molecule has 1 aliphatic rings. The fourth-order valence-corrected chi connectivity index (χ4v) is 1.81. The van der Waals surface area contributed by atoms with E-state index < -0.39 is 5.97 Å². The zero-order valence-electron chi connectivity index (χ0n) is 9.17. The molecule has 1 unspecified atom stereocenters. The van der Waals surface area contributed by atoms with E-state index in [9.17, 15) is 9.59 Å². The lowest BCUT2D eigenvalue weighted by atomic mass is 10.2. The third-order valence-electron chi connectivity index (χ3n) is 2.70. The van der Waals surface area contributed by atoms with Crippen LogP contribution in [0.4, 0.5) is 0 Å². The van der Waals surface area contributed by atoms with Gasteiger partial charge in [0.05, 0.1) is 0 Å². The summed E-state index contributed by atoms with van der Waals surface area (Å²) < 4.78 is 0. The molecule has 6 nitrogen and oxygen atoms in total. The lowest BCUT2D eigenvalue weighted by Gasteiger charge is -2.15. The number of carbonyl (C=O) groups excluding carboxylic acids is 1. The summed E-state index contributed by atoms with van der Waals surface area (Å²) in [6.07, 6.45) is 0.768. The molecule has 1 aliphatic heterocycles. The molecule has 3 N–H and O–H groups in total. The standard InChI is InChI=1S/C11H13N3O3/c12-7-4-5-14(6-7)10(15)8-2-1-3-9(13-8)11(16)17/h1-3,7H,4-6,12H2,(H,16,17). The van der Waals surface area contributed by atoms with Crippen LogP contribution in [0.1, 0.15) is 27.4 Å². The minimum absolute atomic E-state index is 0.00149. The van der Waals surface area contributed by atoms with Gasteiger partial charge in [0, 0.05) is 19.1 Å². The molecule has 1 aromatic rings. The molecule has 2 heterocycles. The van der Waals surface area contributed by atoms with Gasteiger partial charge in [0.25, 0.3) is 5.91 Å². The van der Waals surface area contributed by atoms with Crippen LogP contribution < -0.4 is 5.73 Å². The van der Waals surface area contributed by atoms with Gasteiger partial charge in [-0.15, -0.1) is 0 Å². The summed E-state index contributed by atoms with van der Waals surface area (Å²) in [5.74, 6) is -1.40. The van der Waals surface area contributed by atoms with Crippen molar-refractivity contribution in [1.82, 2.24) is 9.88 Å². The third-order valence-corrected chi connectivity index (χ3v) is 2.70. The van der Waals surface area contributed by atoms with Gasteiger partial charge in [-0.25, -0.2) is 9.78 Å². The zero-order chi connectivity index (χ0) is 12.4.